The third-order valence-electron chi connectivity index (χ3n) is 6.00. The van der Waals surface area contributed by atoms with Crippen LogP contribution in [0.2, 0.25) is 0 Å². The van der Waals surface area contributed by atoms with E-state index in [1.165, 1.54) is 25.7 Å². The first-order valence-corrected chi connectivity index (χ1v) is 10.4. The van der Waals surface area contributed by atoms with Crippen molar-refractivity contribution in [2.75, 3.05) is 6.61 Å². The van der Waals surface area contributed by atoms with Gasteiger partial charge in [-0.05, 0) is 39.2 Å². The summed E-state index contributed by atoms with van der Waals surface area (Å²) >= 11 is 0. The maximum Gasteiger partial charge on any atom is 0.245 e. The number of benzene rings is 1. The van der Waals surface area contributed by atoms with Crippen molar-refractivity contribution in [2.45, 2.75) is 83.3 Å². The van der Waals surface area contributed by atoms with E-state index in [2.05, 4.69) is 5.32 Å². The van der Waals surface area contributed by atoms with E-state index in [4.69, 9.17) is 4.74 Å². The molecule has 0 aromatic heterocycles. The predicted octanol–water partition coefficient (Wildman–Crippen LogP) is 3.81. The number of hydrogen-bond acceptors (Lipinski definition) is 3. The van der Waals surface area contributed by atoms with Crippen molar-refractivity contribution in [2.24, 2.45) is 0 Å². The van der Waals surface area contributed by atoms with E-state index in [0.717, 1.165) is 24.2 Å². The summed E-state index contributed by atoms with van der Waals surface area (Å²) in [4.78, 5) is 27.5. The van der Waals surface area contributed by atoms with Gasteiger partial charge in [-0.1, -0.05) is 43.9 Å². The molecule has 2 aliphatic rings. The van der Waals surface area contributed by atoms with Crippen LogP contribution < -0.4 is 10.1 Å². The maximum atomic E-state index is 13.2. The van der Waals surface area contributed by atoms with E-state index in [-0.39, 0.29) is 17.9 Å². The first-order chi connectivity index (χ1) is 13.0. The van der Waals surface area contributed by atoms with Gasteiger partial charge in [0.2, 0.25) is 11.8 Å². The Morgan fingerprint density at radius 2 is 1.93 bits per heavy atom. The Morgan fingerprint density at radius 1 is 1.22 bits per heavy atom. The zero-order valence-electron chi connectivity index (χ0n) is 16.6. The summed E-state index contributed by atoms with van der Waals surface area (Å²) in [6.07, 6.45) is 7.93. The molecule has 1 aliphatic heterocycles. The molecule has 2 amide bonds. The molecule has 3 rings (SSSR count). The van der Waals surface area contributed by atoms with Crippen molar-refractivity contribution in [1.82, 2.24) is 10.2 Å². The van der Waals surface area contributed by atoms with Crippen LogP contribution in [0.1, 0.15) is 70.8 Å². The van der Waals surface area contributed by atoms with E-state index in [1.54, 1.807) is 4.90 Å². The van der Waals surface area contributed by atoms with Gasteiger partial charge in [0.15, 0.2) is 0 Å². The van der Waals surface area contributed by atoms with Crippen LogP contribution in [0.25, 0.3) is 0 Å². The standard InChI is InChI=1S/C22H32N2O3/c1-3-27-19-13-9-8-10-17(19)16-24-20(25)14-15-22(24,2)21(26)23-18-11-6-4-5-7-12-18/h8-10,13,18H,3-7,11-12,14-16H2,1-2H3,(H,23,26)/t22-/m0/s1. The lowest BCUT2D eigenvalue weighted by Crippen LogP contribution is -2.56. The van der Waals surface area contributed by atoms with Gasteiger partial charge in [-0.3, -0.25) is 9.59 Å². The van der Waals surface area contributed by atoms with Crippen molar-refractivity contribution < 1.29 is 14.3 Å². The van der Waals surface area contributed by atoms with Crippen molar-refractivity contribution in [3.8, 4) is 5.75 Å². The largest absolute Gasteiger partial charge is 0.494 e. The Bertz CT molecular complexity index is 667. The van der Waals surface area contributed by atoms with Crippen LogP contribution in [0.15, 0.2) is 24.3 Å². The Hall–Kier alpha value is -2.04. The summed E-state index contributed by atoms with van der Waals surface area (Å²) in [6, 6.07) is 8.01. The highest BCUT2D eigenvalue weighted by Gasteiger charge is 2.47. The third-order valence-corrected chi connectivity index (χ3v) is 6.00. The number of likely N-dealkylation sites (tertiary alicyclic amines) is 1. The zero-order valence-corrected chi connectivity index (χ0v) is 16.6. The summed E-state index contributed by atoms with van der Waals surface area (Å²) in [5.41, 5.74) is 0.158. The Morgan fingerprint density at radius 3 is 2.63 bits per heavy atom. The Balaban J connectivity index is 1.75. The molecule has 1 N–H and O–H groups in total. The van der Waals surface area contributed by atoms with Gasteiger partial charge in [0.25, 0.3) is 0 Å². The van der Waals surface area contributed by atoms with Crippen LogP contribution in [0.4, 0.5) is 0 Å². The molecule has 1 saturated heterocycles. The molecule has 27 heavy (non-hydrogen) atoms. The van der Waals surface area contributed by atoms with Crippen LogP contribution >= 0.6 is 0 Å². The molecule has 1 heterocycles. The van der Waals surface area contributed by atoms with E-state index in [1.807, 2.05) is 38.1 Å². The minimum atomic E-state index is -0.789. The van der Waals surface area contributed by atoms with Gasteiger partial charge in [0.1, 0.15) is 11.3 Å². The molecule has 5 heteroatoms. The molecule has 1 saturated carbocycles. The number of carbonyl (C=O) groups is 2. The fourth-order valence-corrected chi connectivity index (χ4v) is 4.26. The minimum absolute atomic E-state index is 0.00542. The average molecular weight is 373 g/mol. The average Bonchev–Trinajstić information content (AvgIpc) is 2.83. The summed E-state index contributed by atoms with van der Waals surface area (Å²) in [5, 5.41) is 3.25. The van der Waals surface area contributed by atoms with Crippen molar-refractivity contribution in [3.05, 3.63) is 29.8 Å². The monoisotopic (exact) mass is 372 g/mol. The molecule has 1 aliphatic carbocycles. The molecule has 1 aromatic rings. The number of hydrogen-bond donors (Lipinski definition) is 1. The highest BCUT2D eigenvalue weighted by Crippen LogP contribution is 2.34. The second kappa shape index (κ2) is 8.77. The summed E-state index contributed by atoms with van der Waals surface area (Å²) in [5.74, 6) is 0.820. The quantitative estimate of drug-likeness (QED) is 0.773. The van der Waals surface area contributed by atoms with E-state index < -0.39 is 5.54 Å². The van der Waals surface area contributed by atoms with Crippen molar-refractivity contribution in [1.29, 1.82) is 0 Å². The SMILES string of the molecule is CCOc1ccccc1CN1C(=O)CC[C@@]1(C)C(=O)NC1CCCCCC1. The lowest BCUT2D eigenvalue weighted by atomic mass is 9.95. The molecule has 5 nitrogen and oxygen atoms in total. The van der Waals surface area contributed by atoms with Gasteiger partial charge in [0, 0.05) is 18.0 Å². The summed E-state index contributed by atoms with van der Waals surface area (Å²) in [7, 11) is 0. The predicted molar refractivity (Wildman–Crippen MR) is 105 cm³/mol. The fraction of sp³-hybridized carbons (Fsp3) is 0.636. The smallest absolute Gasteiger partial charge is 0.245 e. The lowest BCUT2D eigenvalue weighted by Gasteiger charge is -2.35. The van der Waals surface area contributed by atoms with Crippen molar-refractivity contribution in [3.63, 3.8) is 0 Å². The van der Waals surface area contributed by atoms with Crippen LogP contribution in [0, 0.1) is 0 Å². The van der Waals surface area contributed by atoms with Gasteiger partial charge in [-0.15, -0.1) is 0 Å². The number of ether oxygens (including phenoxy) is 1. The van der Waals surface area contributed by atoms with Gasteiger partial charge < -0.3 is 15.0 Å². The number of para-hydroxylation sites is 1. The molecule has 1 atom stereocenters. The molecule has 0 bridgehead atoms. The topological polar surface area (TPSA) is 58.6 Å². The van der Waals surface area contributed by atoms with Gasteiger partial charge in [-0.2, -0.15) is 0 Å². The molecule has 2 fully saturated rings. The Kier molecular flexibility index (Phi) is 6.40. The van der Waals surface area contributed by atoms with Gasteiger partial charge >= 0.3 is 0 Å². The van der Waals surface area contributed by atoms with Crippen LogP contribution in [0.3, 0.4) is 0 Å². The maximum absolute atomic E-state index is 13.2. The summed E-state index contributed by atoms with van der Waals surface area (Å²) in [6.45, 7) is 4.84. The number of rotatable bonds is 6. The molecule has 148 valence electrons. The first-order valence-electron chi connectivity index (χ1n) is 10.4. The number of nitrogens with one attached hydrogen (secondary N) is 1. The molecular formula is C22H32N2O3. The Labute approximate surface area is 162 Å². The highest BCUT2D eigenvalue weighted by molar-refractivity contribution is 5.94. The first kappa shape index (κ1) is 19.7. The summed E-state index contributed by atoms with van der Waals surface area (Å²) < 4.78 is 5.71. The zero-order chi connectivity index (χ0) is 19.3. The van der Waals surface area contributed by atoms with Crippen LogP contribution in [-0.2, 0) is 16.1 Å². The van der Waals surface area contributed by atoms with Gasteiger partial charge in [0.05, 0.1) is 13.2 Å². The van der Waals surface area contributed by atoms with E-state index >= 15 is 0 Å². The number of amides is 2. The fourth-order valence-electron chi connectivity index (χ4n) is 4.26. The third kappa shape index (κ3) is 4.45. The van der Waals surface area contributed by atoms with Crippen LogP contribution in [-0.4, -0.2) is 34.9 Å². The van der Waals surface area contributed by atoms with E-state index in [0.29, 0.717) is 26.0 Å². The number of carbonyl (C=O) groups excluding carboxylic acids is 2. The second-order valence-electron chi connectivity index (χ2n) is 7.96. The van der Waals surface area contributed by atoms with Crippen molar-refractivity contribution >= 4 is 11.8 Å². The van der Waals surface area contributed by atoms with E-state index in [9.17, 15) is 9.59 Å². The highest BCUT2D eigenvalue weighted by atomic mass is 16.5. The molecule has 1 aromatic carbocycles. The number of nitrogens with zero attached hydrogens (tertiary/aromatic N) is 1. The lowest BCUT2D eigenvalue weighted by molar-refractivity contribution is -0.141. The molecule has 0 unspecified atom stereocenters. The van der Waals surface area contributed by atoms with Gasteiger partial charge in [-0.25, -0.2) is 0 Å². The molecule has 0 spiro atoms. The normalized spacial score (nSPS) is 23.9. The minimum Gasteiger partial charge on any atom is -0.494 e. The second-order valence-corrected chi connectivity index (χ2v) is 7.96. The van der Waals surface area contributed by atoms with Crippen LogP contribution in [0.5, 0.6) is 5.75 Å². The molecular weight excluding hydrogens is 340 g/mol. The molecule has 0 radical (unpaired) electrons.